The SMILES string of the molecule is C=CCCCCOC(=O)[C@H]1[C@H]2C(=O)N(CCCCCO)C(C(=O)N(CC=C)C(C)(C)C)C23CC(C)[C@]1(C)O3. The molecule has 3 saturated heterocycles. The van der Waals surface area contributed by atoms with Crippen LogP contribution in [-0.4, -0.2) is 81.8 Å². The Morgan fingerprint density at radius 1 is 1.18 bits per heavy atom. The van der Waals surface area contributed by atoms with Gasteiger partial charge in [-0.15, -0.1) is 13.2 Å². The van der Waals surface area contributed by atoms with Gasteiger partial charge >= 0.3 is 5.97 Å². The lowest BCUT2D eigenvalue weighted by Crippen LogP contribution is -2.60. The number of fused-ring (bicyclic) bond motifs is 1. The largest absolute Gasteiger partial charge is 0.465 e. The maximum absolute atomic E-state index is 14.4. The van der Waals surface area contributed by atoms with Gasteiger partial charge in [-0.25, -0.2) is 0 Å². The molecular weight excluding hydrogens is 484 g/mol. The average Bonchev–Trinajstić information content (AvgIpc) is 3.35. The van der Waals surface area contributed by atoms with Crippen molar-refractivity contribution < 1.29 is 29.0 Å². The molecule has 1 N–H and O–H groups in total. The quantitative estimate of drug-likeness (QED) is 0.207. The lowest BCUT2D eigenvalue weighted by Gasteiger charge is -2.42. The fourth-order valence-corrected chi connectivity index (χ4v) is 6.81. The Bertz CT molecular complexity index is 913. The average molecular weight is 533 g/mol. The Morgan fingerprint density at radius 3 is 2.50 bits per heavy atom. The molecule has 3 fully saturated rings. The van der Waals surface area contributed by atoms with E-state index in [9.17, 15) is 19.5 Å². The lowest BCUT2D eigenvalue weighted by molar-refractivity contribution is -0.163. The third kappa shape index (κ3) is 5.31. The minimum Gasteiger partial charge on any atom is -0.465 e. The topological polar surface area (TPSA) is 96.4 Å². The molecule has 8 nitrogen and oxygen atoms in total. The van der Waals surface area contributed by atoms with Crippen LogP contribution in [-0.2, 0) is 23.9 Å². The number of likely N-dealkylation sites (tertiary alicyclic amines) is 1. The number of nitrogens with zero attached hydrogens (tertiary/aromatic N) is 2. The van der Waals surface area contributed by atoms with Crippen molar-refractivity contribution in [1.29, 1.82) is 0 Å². The first-order chi connectivity index (χ1) is 17.9. The number of unbranched alkanes of at least 4 members (excludes halogenated alkanes) is 4. The molecule has 38 heavy (non-hydrogen) atoms. The predicted molar refractivity (Wildman–Crippen MR) is 146 cm³/mol. The van der Waals surface area contributed by atoms with E-state index >= 15 is 0 Å². The van der Waals surface area contributed by atoms with Gasteiger partial charge in [0.2, 0.25) is 11.8 Å². The van der Waals surface area contributed by atoms with E-state index in [0.29, 0.717) is 32.4 Å². The summed E-state index contributed by atoms with van der Waals surface area (Å²) in [6.45, 7) is 18.5. The zero-order chi connectivity index (χ0) is 28.3. The third-order valence-electron chi connectivity index (χ3n) is 8.79. The molecule has 6 atom stereocenters. The first-order valence-electron chi connectivity index (χ1n) is 14.2. The molecule has 2 amide bonds. The van der Waals surface area contributed by atoms with Crippen LogP contribution in [0.2, 0.25) is 0 Å². The van der Waals surface area contributed by atoms with Gasteiger partial charge in [0.25, 0.3) is 0 Å². The van der Waals surface area contributed by atoms with Gasteiger partial charge in [0, 0.05) is 25.2 Å². The van der Waals surface area contributed by atoms with Crippen molar-refractivity contribution >= 4 is 17.8 Å². The van der Waals surface area contributed by atoms with Crippen molar-refractivity contribution in [3.63, 3.8) is 0 Å². The summed E-state index contributed by atoms with van der Waals surface area (Å²) in [5.74, 6) is -2.35. The highest BCUT2D eigenvalue weighted by Gasteiger charge is 2.80. The van der Waals surface area contributed by atoms with Gasteiger partial charge in [0.05, 0.1) is 18.1 Å². The number of rotatable bonds is 14. The number of ether oxygens (including phenoxy) is 2. The maximum Gasteiger partial charge on any atom is 0.312 e. The molecule has 0 aliphatic carbocycles. The normalized spacial score (nSPS) is 31.8. The molecule has 2 bridgehead atoms. The van der Waals surface area contributed by atoms with E-state index < -0.39 is 40.6 Å². The zero-order valence-corrected chi connectivity index (χ0v) is 24.0. The molecular formula is C30H48N2O6. The molecule has 3 rings (SSSR count). The van der Waals surface area contributed by atoms with Crippen LogP contribution >= 0.6 is 0 Å². The molecule has 3 aliphatic rings. The smallest absolute Gasteiger partial charge is 0.312 e. The summed E-state index contributed by atoms with van der Waals surface area (Å²) in [5.41, 5.74) is -2.47. The van der Waals surface area contributed by atoms with Crippen LogP contribution in [0.5, 0.6) is 0 Å². The second-order valence-electron chi connectivity index (χ2n) is 12.4. The van der Waals surface area contributed by atoms with Crippen molar-refractivity contribution in [2.45, 2.75) is 102 Å². The van der Waals surface area contributed by atoms with Crippen LogP contribution in [0.4, 0.5) is 0 Å². The summed E-state index contributed by atoms with van der Waals surface area (Å²) >= 11 is 0. The van der Waals surface area contributed by atoms with E-state index in [1.165, 1.54) is 0 Å². The summed E-state index contributed by atoms with van der Waals surface area (Å²) in [7, 11) is 0. The van der Waals surface area contributed by atoms with Crippen LogP contribution in [0.3, 0.4) is 0 Å². The van der Waals surface area contributed by atoms with Crippen LogP contribution in [0.15, 0.2) is 25.3 Å². The Kier molecular flexibility index (Phi) is 9.51. The minimum atomic E-state index is -1.09. The number of carbonyl (C=O) groups is 3. The van der Waals surface area contributed by atoms with E-state index in [0.717, 1.165) is 25.7 Å². The van der Waals surface area contributed by atoms with E-state index in [2.05, 4.69) is 13.2 Å². The molecule has 3 unspecified atom stereocenters. The highest BCUT2D eigenvalue weighted by Crippen LogP contribution is 2.65. The molecule has 0 aromatic heterocycles. The Balaban J connectivity index is 1.99. The van der Waals surface area contributed by atoms with Gasteiger partial charge in [-0.05, 0) is 78.6 Å². The summed E-state index contributed by atoms with van der Waals surface area (Å²) in [4.78, 5) is 45.5. The number of esters is 1. The zero-order valence-electron chi connectivity index (χ0n) is 24.0. The molecule has 3 heterocycles. The maximum atomic E-state index is 14.4. The number of hydrogen-bond acceptors (Lipinski definition) is 6. The number of hydrogen-bond donors (Lipinski definition) is 1. The molecule has 0 aromatic carbocycles. The molecule has 3 aliphatic heterocycles. The molecule has 0 saturated carbocycles. The Hall–Kier alpha value is -2.19. The van der Waals surface area contributed by atoms with Crippen molar-refractivity contribution in [3.8, 4) is 0 Å². The van der Waals surface area contributed by atoms with Crippen LogP contribution in [0.1, 0.15) is 79.6 Å². The second kappa shape index (κ2) is 11.9. The van der Waals surface area contributed by atoms with Gasteiger partial charge in [0.1, 0.15) is 17.6 Å². The van der Waals surface area contributed by atoms with Gasteiger partial charge < -0.3 is 24.4 Å². The summed E-state index contributed by atoms with van der Waals surface area (Å²) < 4.78 is 12.5. The first-order valence-corrected chi connectivity index (χ1v) is 14.2. The molecule has 1 spiro atoms. The van der Waals surface area contributed by atoms with Gasteiger partial charge in [-0.3, -0.25) is 14.4 Å². The van der Waals surface area contributed by atoms with E-state index in [-0.39, 0.29) is 30.9 Å². The number of amides is 2. The first kappa shape index (κ1) is 30.4. The van der Waals surface area contributed by atoms with E-state index in [1.54, 1.807) is 15.9 Å². The highest BCUT2D eigenvalue weighted by atomic mass is 16.6. The van der Waals surface area contributed by atoms with Crippen LogP contribution in [0.25, 0.3) is 0 Å². The number of aliphatic hydroxyl groups is 1. The van der Waals surface area contributed by atoms with Crippen LogP contribution in [0, 0.1) is 17.8 Å². The van der Waals surface area contributed by atoms with E-state index in [4.69, 9.17) is 9.47 Å². The van der Waals surface area contributed by atoms with Crippen molar-refractivity contribution in [2.75, 3.05) is 26.3 Å². The summed E-state index contributed by atoms with van der Waals surface area (Å²) in [6, 6.07) is -0.831. The van der Waals surface area contributed by atoms with Gasteiger partial charge in [-0.2, -0.15) is 0 Å². The monoisotopic (exact) mass is 532 g/mol. The van der Waals surface area contributed by atoms with Crippen molar-refractivity contribution in [3.05, 3.63) is 25.3 Å². The number of aliphatic hydroxyl groups excluding tert-OH is 1. The molecule has 0 aromatic rings. The van der Waals surface area contributed by atoms with Crippen molar-refractivity contribution in [1.82, 2.24) is 9.80 Å². The molecule has 0 radical (unpaired) electrons. The number of carbonyl (C=O) groups excluding carboxylic acids is 3. The summed E-state index contributed by atoms with van der Waals surface area (Å²) in [6.07, 6.45) is 8.54. The molecule has 8 heteroatoms. The summed E-state index contributed by atoms with van der Waals surface area (Å²) in [5, 5.41) is 9.23. The van der Waals surface area contributed by atoms with Gasteiger partial charge in [0.15, 0.2) is 0 Å². The Labute approximate surface area is 228 Å². The predicted octanol–water partition coefficient (Wildman–Crippen LogP) is 3.87. The van der Waals surface area contributed by atoms with Gasteiger partial charge in [-0.1, -0.05) is 19.1 Å². The highest BCUT2D eigenvalue weighted by molar-refractivity contribution is 5.98. The Morgan fingerprint density at radius 2 is 1.89 bits per heavy atom. The number of allylic oxidation sites excluding steroid dienone is 1. The lowest BCUT2D eigenvalue weighted by atomic mass is 9.62. The standard InChI is InChI=1S/C30H48N2O6/c1-8-10-11-15-19-37-27(36)23-22-25(34)31(17-13-12-14-18-33)24(26(35)32(16-9-2)28(4,5)6)30(22)20-21(3)29(23,7)38-30/h8-9,21-24,33H,1-2,10-20H2,3-7H3/t21?,22-,23+,24?,29-,30?/m0/s1. The van der Waals surface area contributed by atoms with Crippen molar-refractivity contribution in [2.24, 2.45) is 17.8 Å². The molecule has 214 valence electrons. The fourth-order valence-electron chi connectivity index (χ4n) is 6.81. The second-order valence-corrected chi connectivity index (χ2v) is 12.4. The van der Waals surface area contributed by atoms with Crippen LogP contribution < -0.4 is 0 Å². The third-order valence-corrected chi connectivity index (χ3v) is 8.79. The minimum absolute atomic E-state index is 0.0306. The van der Waals surface area contributed by atoms with E-state index in [1.807, 2.05) is 40.7 Å². The fraction of sp³-hybridized carbons (Fsp3) is 0.767.